The lowest BCUT2D eigenvalue weighted by molar-refractivity contribution is -0.141. The number of carbonyl (C=O) groups excluding carboxylic acids is 1. The fourth-order valence-corrected chi connectivity index (χ4v) is 2.82. The van der Waals surface area contributed by atoms with E-state index in [1.54, 1.807) is 29.1 Å². The molecule has 1 aromatic carbocycles. The highest BCUT2D eigenvalue weighted by atomic mass is 16.4. The van der Waals surface area contributed by atoms with Crippen molar-refractivity contribution in [1.29, 1.82) is 0 Å². The van der Waals surface area contributed by atoms with E-state index in [0.717, 1.165) is 5.69 Å². The Labute approximate surface area is 127 Å². The number of amides is 1. The fourth-order valence-electron chi connectivity index (χ4n) is 2.82. The molecular weight excluding hydrogens is 282 g/mol. The van der Waals surface area contributed by atoms with E-state index >= 15 is 0 Å². The molecule has 22 heavy (non-hydrogen) atoms. The van der Waals surface area contributed by atoms with Crippen LogP contribution in [0.1, 0.15) is 29.6 Å². The maximum atomic E-state index is 12.3. The number of nitrogens with zero attached hydrogens (tertiary/aromatic N) is 2. The number of aromatic nitrogens is 2. The van der Waals surface area contributed by atoms with Crippen molar-refractivity contribution in [3.05, 3.63) is 48.3 Å². The van der Waals surface area contributed by atoms with E-state index in [1.165, 1.54) is 0 Å². The van der Waals surface area contributed by atoms with Crippen molar-refractivity contribution in [3.8, 4) is 5.69 Å². The largest absolute Gasteiger partial charge is 0.481 e. The van der Waals surface area contributed by atoms with Gasteiger partial charge in [-0.05, 0) is 43.5 Å². The van der Waals surface area contributed by atoms with Gasteiger partial charge in [-0.2, -0.15) is 5.10 Å². The van der Waals surface area contributed by atoms with Crippen LogP contribution < -0.4 is 5.32 Å². The molecule has 0 spiro atoms. The summed E-state index contributed by atoms with van der Waals surface area (Å²) in [5.74, 6) is -1.30. The number of carboxylic acids is 1. The van der Waals surface area contributed by atoms with Crippen LogP contribution >= 0.6 is 0 Å². The van der Waals surface area contributed by atoms with Gasteiger partial charge in [0.1, 0.15) is 0 Å². The first kappa shape index (κ1) is 14.3. The van der Waals surface area contributed by atoms with Crippen LogP contribution in [0, 0.1) is 5.92 Å². The summed E-state index contributed by atoms with van der Waals surface area (Å²) < 4.78 is 1.69. The van der Waals surface area contributed by atoms with E-state index in [-0.39, 0.29) is 17.9 Å². The molecule has 6 nitrogen and oxygen atoms in total. The van der Waals surface area contributed by atoms with Crippen LogP contribution in [0.4, 0.5) is 0 Å². The highest BCUT2D eigenvalue weighted by Gasteiger charge is 2.30. The van der Waals surface area contributed by atoms with Gasteiger partial charge in [0, 0.05) is 24.0 Å². The number of rotatable bonds is 4. The van der Waals surface area contributed by atoms with E-state index in [2.05, 4.69) is 10.4 Å². The molecule has 2 aromatic rings. The Morgan fingerprint density at radius 1 is 1.27 bits per heavy atom. The topological polar surface area (TPSA) is 84.2 Å². The van der Waals surface area contributed by atoms with E-state index in [4.69, 9.17) is 5.11 Å². The zero-order chi connectivity index (χ0) is 15.5. The first-order valence-electron chi connectivity index (χ1n) is 7.27. The summed E-state index contributed by atoms with van der Waals surface area (Å²) in [6.07, 6.45) is 5.32. The van der Waals surface area contributed by atoms with Gasteiger partial charge in [-0.1, -0.05) is 6.07 Å². The molecule has 0 saturated heterocycles. The molecular formula is C16H17N3O3. The third kappa shape index (κ3) is 3.00. The third-order valence-electron chi connectivity index (χ3n) is 3.99. The van der Waals surface area contributed by atoms with Gasteiger partial charge in [0.25, 0.3) is 5.91 Å². The lowest BCUT2D eigenvalue weighted by Gasteiger charge is -2.13. The Balaban J connectivity index is 1.68. The molecule has 1 heterocycles. The first-order valence-corrected chi connectivity index (χ1v) is 7.27. The van der Waals surface area contributed by atoms with Crippen molar-refractivity contribution >= 4 is 11.9 Å². The van der Waals surface area contributed by atoms with Gasteiger partial charge < -0.3 is 10.4 Å². The number of carboxylic acid groups (broad SMARTS) is 1. The Bertz CT molecular complexity index is 682. The van der Waals surface area contributed by atoms with Crippen molar-refractivity contribution < 1.29 is 14.7 Å². The summed E-state index contributed by atoms with van der Waals surface area (Å²) in [6.45, 7) is 0. The van der Waals surface area contributed by atoms with E-state index in [9.17, 15) is 9.59 Å². The third-order valence-corrected chi connectivity index (χ3v) is 3.99. The van der Waals surface area contributed by atoms with Gasteiger partial charge in [0.2, 0.25) is 0 Å². The standard InChI is InChI=1S/C16H17N3O3/c20-15(18-13-6-5-12(9-13)16(21)22)11-3-1-4-14(10-11)19-8-2-7-17-19/h1-4,7-8,10,12-13H,5-6,9H2,(H,18,20)(H,21,22)/t12-,13+/m0/s1. The fraction of sp³-hybridized carbons (Fsp3) is 0.312. The van der Waals surface area contributed by atoms with E-state index < -0.39 is 5.97 Å². The molecule has 114 valence electrons. The highest BCUT2D eigenvalue weighted by Crippen LogP contribution is 2.26. The molecule has 1 aliphatic carbocycles. The van der Waals surface area contributed by atoms with Crippen LogP contribution in [0.25, 0.3) is 5.69 Å². The van der Waals surface area contributed by atoms with Crippen molar-refractivity contribution in [3.63, 3.8) is 0 Å². The molecule has 1 amide bonds. The second-order valence-corrected chi connectivity index (χ2v) is 5.52. The maximum absolute atomic E-state index is 12.3. The van der Waals surface area contributed by atoms with E-state index in [1.807, 2.05) is 18.3 Å². The molecule has 2 N–H and O–H groups in total. The van der Waals surface area contributed by atoms with Gasteiger partial charge in [-0.25, -0.2) is 4.68 Å². The Kier molecular flexibility index (Phi) is 3.91. The predicted octanol–water partition coefficient (Wildman–Crippen LogP) is 1.86. The molecule has 3 rings (SSSR count). The Morgan fingerprint density at radius 3 is 2.82 bits per heavy atom. The number of nitrogens with one attached hydrogen (secondary N) is 1. The minimum atomic E-state index is -0.780. The monoisotopic (exact) mass is 299 g/mol. The van der Waals surface area contributed by atoms with Crippen molar-refractivity contribution in [2.45, 2.75) is 25.3 Å². The summed E-state index contributed by atoms with van der Waals surface area (Å²) in [6, 6.07) is 8.94. The van der Waals surface area contributed by atoms with Crippen LogP contribution in [0.3, 0.4) is 0 Å². The summed E-state index contributed by atoms with van der Waals surface area (Å²) in [4.78, 5) is 23.3. The average molecular weight is 299 g/mol. The quantitative estimate of drug-likeness (QED) is 0.902. The van der Waals surface area contributed by atoms with Crippen molar-refractivity contribution in [2.24, 2.45) is 5.92 Å². The number of hydrogen-bond donors (Lipinski definition) is 2. The molecule has 1 saturated carbocycles. The first-order chi connectivity index (χ1) is 10.6. The van der Waals surface area contributed by atoms with Crippen LogP contribution in [-0.2, 0) is 4.79 Å². The number of hydrogen-bond acceptors (Lipinski definition) is 3. The highest BCUT2D eigenvalue weighted by molar-refractivity contribution is 5.95. The predicted molar refractivity (Wildman–Crippen MR) is 79.8 cm³/mol. The number of carbonyl (C=O) groups is 2. The summed E-state index contributed by atoms with van der Waals surface area (Å²) in [5, 5.41) is 16.1. The molecule has 2 atom stereocenters. The van der Waals surface area contributed by atoms with Crippen LogP contribution in [0.5, 0.6) is 0 Å². The summed E-state index contributed by atoms with van der Waals surface area (Å²) >= 11 is 0. The zero-order valence-corrected chi connectivity index (χ0v) is 12.0. The number of aliphatic carboxylic acids is 1. The minimum Gasteiger partial charge on any atom is -0.481 e. The molecule has 1 fully saturated rings. The van der Waals surface area contributed by atoms with Gasteiger partial charge in [-0.15, -0.1) is 0 Å². The van der Waals surface area contributed by atoms with Gasteiger partial charge in [0.05, 0.1) is 11.6 Å². The van der Waals surface area contributed by atoms with Gasteiger partial charge >= 0.3 is 5.97 Å². The van der Waals surface area contributed by atoms with Crippen molar-refractivity contribution in [2.75, 3.05) is 0 Å². The Hall–Kier alpha value is -2.63. The normalized spacial score (nSPS) is 20.7. The molecule has 0 unspecified atom stereocenters. The summed E-state index contributed by atoms with van der Waals surface area (Å²) in [7, 11) is 0. The minimum absolute atomic E-state index is 0.0676. The average Bonchev–Trinajstić information content (AvgIpc) is 3.19. The molecule has 0 aliphatic heterocycles. The SMILES string of the molecule is O=C(N[C@@H]1CC[C@H](C(=O)O)C1)c1cccc(-n2cccn2)c1. The van der Waals surface area contributed by atoms with Gasteiger partial charge in [-0.3, -0.25) is 9.59 Å². The lowest BCUT2D eigenvalue weighted by Crippen LogP contribution is -2.33. The summed E-state index contributed by atoms with van der Waals surface area (Å²) in [5.41, 5.74) is 1.36. The molecule has 1 aliphatic rings. The van der Waals surface area contributed by atoms with Gasteiger partial charge in [0.15, 0.2) is 0 Å². The molecule has 0 radical (unpaired) electrons. The molecule has 6 heteroatoms. The second kappa shape index (κ2) is 6.01. The van der Waals surface area contributed by atoms with Crippen LogP contribution in [-0.4, -0.2) is 32.8 Å². The van der Waals surface area contributed by atoms with Crippen molar-refractivity contribution in [1.82, 2.24) is 15.1 Å². The van der Waals surface area contributed by atoms with E-state index in [0.29, 0.717) is 24.8 Å². The van der Waals surface area contributed by atoms with Crippen LogP contribution in [0.2, 0.25) is 0 Å². The second-order valence-electron chi connectivity index (χ2n) is 5.52. The lowest BCUT2D eigenvalue weighted by atomic mass is 10.1. The van der Waals surface area contributed by atoms with Crippen LogP contribution in [0.15, 0.2) is 42.7 Å². The smallest absolute Gasteiger partial charge is 0.306 e. The molecule has 1 aromatic heterocycles. The number of benzene rings is 1. The zero-order valence-electron chi connectivity index (χ0n) is 12.0. The Morgan fingerprint density at radius 2 is 2.14 bits per heavy atom. The maximum Gasteiger partial charge on any atom is 0.306 e. The molecule has 0 bridgehead atoms.